The molecule has 0 radical (unpaired) electrons. The molecular weight excluding hydrogens is 335 g/mol. The Balaban J connectivity index is 1.75. The maximum Gasteiger partial charge on any atom is 0.335 e. The molecule has 4 rings (SSSR count). The largest absolute Gasteiger partial charge is 0.489 e. The van der Waals surface area contributed by atoms with Gasteiger partial charge in [0.25, 0.3) is 0 Å². The van der Waals surface area contributed by atoms with E-state index in [1.807, 2.05) is 60.7 Å². The van der Waals surface area contributed by atoms with E-state index in [1.165, 1.54) is 7.11 Å². The lowest BCUT2D eigenvalue weighted by atomic mass is 9.99. The molecule has 1 heterocycles. The lowest BCUT2D eigenvalue weighted by Crippen LogP contribution is -2.00. The second kappa shape index (κ2) is 6.64. The van der Waals surface area contributed by atoms with Crippen molar-refractivity contribution >= 4 is 18.4 Å². The van der Waals surface area contributed by atoms with Gasteiger partial charge in [0, 0.05) is 12.7 Å². The van der Waals surface area contributed by atoms with Crippen LogP contribution in [-0.2, 0) is 33.0 Å². The second-order valence-electron chi connectivity index (χ2n) is 6.06. The summed E-state index contributed by atoms with van der Waals surface area (Å²) in [7, 11) is -1.70. The van der Waals surface area contributed by atoms with E-state index < -0.39 is 7.60 Å². The van der Waals surface area contributed by atoms with Crippen molar-refractivity contribution in [1.29, 1.82) is 0 Å². The van der Waals surface area contributed by atoms with Gasteiger partial charge in [0.15, 0.2) is 0 Å². The molecule has 1 aliphatic heterocycles. The van der Waals surface area contributed by atoms with Crippen LogP contribution in [0.2, 0.25) is 0 Å². The smallest absolute Gasteiger partial charge is 0.335 e. The maximum absolute atomic E-state index is 12.7. The van der Waals surface area contributed by atoms with Crippen molar-refractivity contribution in [2.45, 2.75) is 19.4 Å². The van der Waals surface area contributed by atoms with Gasteiger partial charge in [-0.05, 0) is 28.0 Å². The Bertz CT molecular complexity index is 953. The Hall–Kier alpha value is -2.13. The van der Waals surface area contributed by atoms with Gasteiger partial charge in [0.05, 0.1) is 12.8 Å². The molecule has 0 aromatic heterocycles. The first-order valence-corrected chi connectivity index (χ1v) is 9.91. The summed E-state index contributed by atoms with van der Waals surface area (Å²) in [6.45, 7) is 0.688. The second-order valence-corrected chi connectivity index (χ2v) is 8.22. The zero-order valence-electron chi connectivity index (χ0n) is 14.0. The zero-order valence-corrected chi connectivity index (χ0v) is 14.9. The van der Waals surface area contributed by atoms with Crippen molar-refractivity contribution in [2.24, 2.45) is 0 Å². The predicted octanol–water partition coefficient (Wildman–Crippen LogP) is 5.29. The summed E-state index contributed by atoms with van der Waals surface area (Å²) >= 11 is 0. The minimum atomic E-state index is -3.13. The molecule has 1 atom stereocenters. The van der Waals surface area contributed by atoms with E-state index in [0.717, 1.165) is 33.2 Å². The maximum atomic E-state index is 12.7. The van der Waals surface area contributed by atoms with Gasteiger partial charge in [0.1, 0.15) is 12.4 Å². The highest BCUT2D eigenvalue weighted by Gasteiger charge is 2.30. The van der Waals surface area contributed by atoms with Crippen molar-refractivity contribution in [3.05, 3.63) is 77.4 Å². The number of hydrogen-bond donors (Lipinski definition) is 0. The molecule has 0 fully saturated rings. The molecule has 0 bridgehead atoms. The summed E-state index contributed by atoms with van der Waals surface area (Å²) in [6, 6.07) is 20.0. The molecule has 1 unspecified atom stereocenters. The quantitative estimate of drug-likeness (QED) is 0.597. The molecule has 5 heteroatoms. The Labute approximate surface area is 146 Å². The van der Waals surface area contributed by atoms with Gasteiger partial charge in [-0.25, -0.2) is 0 Å². The summed E-state index contributed by atoms with van der Waals surface area (Å²) in [6.07, 6.45) is 0.274. The van der Waals surface area contributed by atoms with Crippen molar-refractivity contribution in [2.75, 3.05) is 7.11 Å². The van der Waals surface area contributed by atoms with Crippen LogP contribution in [0, 0.1) is 0 Å². The summed E-state index contributed by atoms with van der Waals surface area (Å²) in [5, 5.41) is 2.15. The van der Waals surface area contributed by atoms with Crippen molar-refractivity contribution < 1.29 is 18.3 Å². The molecule has 0 saturated carbocycles. The van der Waals surface area contributed by atoms with Crippen LogP contribution in [-0.4, -0.2) is 7.11 Å². The van der Waals surface area contributed by atoms with Crippen LogP contribution in [0.1, 0.15) is 16.7 Å². The molecule has 3 aromatic carbocycles. The highest BCUT2D eigenvalue weighted by atomic mass is 31.2. The van der Waals surface area contributed by atoms with Crippen LogP contribution in [0.4, 0.5) is 0 Å². The Morgan fingerprint density at radius 1 is 1.04 bits per heavy atom. The average molecular weight is 354 g/mol. The topological polar surface area (TPSA) is 44.8 Å². The number of ether oxygens (including phenoxy) is 1. The normalized spacial score (nSPS) is 19.6. The molecule has 0 saturated heterocycles. The Morgan fingerprint density at radius 3 is 2.68 bits per heavy atom. The van der Waals surface area contributed by atoms with Crippen LogP contribution in [0.25, 0.3) is 10.8 Å². The standard InChI is InChI=1S/C20H19O4P/c1-22-25(21)14-17-9-5-8-16-10-11-19(18(13-24-25)20(16)17)23-12-15-6-3-2-4-7-15/h2-11H,12-14H2,1H3. The molecule has 3 aromatic rings. The van der Waals surface area contributed by atoms with Crippen LogP contribution in [0.15, 0.2) is 60.7 Å². The van der Waals surface area contributed by atoms with Crippen LogP contribution < -0.4 is 4.74 Å². The van der Waals surface area contributed by atoms with Crippen LogP contribution in [0.5, 0.6) is 5.75 Å². The van der Waals surface area contributed by atoms with Gasteiger partial charge >= 0.3 is 7.60 Å². The molecule has 4 nitrogen and oxygen atoms in total. The first-order valence-electron chi connectivity index (χ1n) is 8.18. The first kappa shape index (κ1) is 16.3. The van der Waals surface area contributed by atoms with Gasteiger partial charge < -0.3 is 13.8 Å². The fourth-order valence-electron chi connectivity index (χ4n) is 3.20. The van der Waals surface area contributed by atoms with E-state index in [1.54, 1.807) is 0 Å². The van der Waals surface area contributed by atoms with Crippen LogP contribution >= 0.6 is 7.60 Å². The number of benzene rings is 3. The van der Waals surface area contributed by atoms with E-state index in [9.17, 15) is 4.57 Å². The van der Waals surface area contributed by atoms with Gasteiger partial charge in [-0.15, -0.1) is 0 Å². The predicted molar refractivity (Wildman–Crippen MR) is 97.8 cm³/mol. The Kier molecular flexibility index (Phi) is 4.34. The summed E-state index contributed by atoms with van der Waals surface area (Å²) in [4.78, 5) is 0. The minimum Gasteiger partial charge on any atom is -0.489 e. The zero-order chi connectivity index (χ0) is 17.3. The molecule has 0 aliphatic carbocycles. The van der Waals surface area contributed by atoms with E-state index in [2.05, 4.69) is 0 Å². The van der Waals surface area contributed by atoms with Crippen molar-refractivity contribution in [1.82, 2.24) is 0 Å². The van der Waals surface area contributed by atoms with Gasteiger partial charge in [-0.1, -0.05) is 54.6 Å². The molecule has 25 heavy (non-hydrogen) atoms. The summed E-state index contributed by atoms with van der Waals surface area (Å²) in [5.74, 6) is 0.758. The SMILES string of the molecule is COP1(=O)Cc2cccc3ccc(OCc4ccccc4)c(c23)CO1. The van der Waals surface area contributed by atoms with Gasteiger partial charge in [0.2, 0.25) is 0 Å². The van der Waals surface area contributed by atoms with Crippen molar-refractivity contribution in [3.63, 3.8) is 0 Å². The fraction of sp³-hybridized carbons (Fsp3) is 0.200. The van der Waals surface area contributed by atoms with Crippen molar-refractivity contribution in [3.8, 4) is 5.75 Å². The molecule has 0 spiro atoms. The third-order valence-electron chi connectivity index (χ3n) is 4.48. The highest BCUT2D eigenvalue weighted by Crippen LogP contribution is 2.55. The molecule has 1 aliphatic rings. The average Bonchev–Trinajstić information content (AvgIpc) is 2.81. The molecule has 0 amide bonds. The Morgan fingerprint density at radius 2 is 1.88 bits per heavy atom. The highest BCUT2D eigenvalue weighted by molar-refractivity contribution is 7.53. The first-order chi connectivity index (χ1) is 12.2. The van der Waals surface area contributed by atoms with E-state index in [-0.39, 0.29) is 12.8 Å². The van der Waals surface area contributed by atoms with Crippen LogP contribution in [0.3, 0.4) is 0 Å². The third kappa shape index (κ3) is 3.21. The molecule has 0 N–H and O–H groups in total. The fourth-order valence-corrected chi connectivity index (χ4v) is 4.53. The monoisotopic (exact) mass is 354 g/mol. The van der Waals surface area contributed by atoms with E-state index in [0.29, 0.717) is 6.61 Å². The summed E-state index contributed by atoms with van der Waals surface area (Å²) in [5.41, 5.74) is 3.00. The number of rotatable bonds is 4. The number of hydrogen-bond acceptors (Lipinski definition) is 4. The van der Waals surface area contributed by atoms with Gasteiger partial charge in [-0.2, -0.15) is 0 Å². The molecule has 128 valence electrons. The summed E-state index contributed by atoms with van der Waals surface area (Å²) < 4.78 is 29.6. The lowest BCUT2D eigenvalue weighted by molar-refractivity contribution is 0.221. The van der Waals surface area contributed by atoms with Gasteiger partial charge in [-0.3, -0.25) is 4.57 Å². The lowest BCUT2D eigenvalue weighted by Gasteiger charge is -2.14. The van der Waals surface area contributed by atoms with E-state index in [4.69, 9.17) is 13.8 Å². The molecular formula is C20H19O4P. The minimum absolute atomic E-state index is 0.212. The van der Waals surface area contributed by atoms with E-state index >= 15 is 0 Å². The third-order valence-corrected chi connectivity index (χ3v) is 6.29.